The highest BCUT2D eigenvalue weighted by molar-refractivity contribution is 6.10. The minimum atomic E-state index is -0.00659. The summed E-state index contributed by atoms with van der Waals surface area (Å²) in [6.45, 7) is 1.51. The zero-order valence-electron chi connectivity index (χ0n) is 11.8. The Balaban J connectivity index is 2.12. The van der Waals surface area contributed by atoms with Gasteiger partial charge in [0.2, 0.25) is 0 Å². The smallest absolute Gasteiger partial charge is 0.163 e. The predicted molar refractivity (Wildman–Crippen MR) is 83.5 cm³/mol. The van der Waals surface area contributed by atoms with Crippen LogP contribution in [0.3, 0.4) is 0 Å². The van der Waals surface area contributed by atoms with Crippen molar-refractivity contribution in [3.63, 3.8) is 0 Å². The third-order valence-electron chi connectivity index (χ3n) is 3.57. The van der Waals surface area contributed by atoms with Crippen LogP contribution in [0.1, 0.15) is 30.1 Å². The molecule has 3 heteroatoms. The molecule has 0 amide bonds. The van der Waals surface area contributed by atoms with Gasteiger partial charge in [-0.15, -0.1) is 0 Å². The maximum absolute atomic E-state index is 12.3. The van der Waals surface area contributed by atoms with Crippen molar-refractivity contribution >= 4 is 33.4 Å². The minimum Gasteiger partial charge on any atom is -0.300 e. The molecule has 3 rings (SSSR count). The van der Waals surface area contributed by atoms with Gasteiger partial charge in [0.05, 0.1) is 11.0 Å². The number of aromatic nitrogens is 1. The summed E-state index contributed by atoms with van der Waals surface area (Å²) in [5.41, 5.74) is 2.37. The van der Waals surface area contributed by atoms with Gasteiger partial charge in [-0.3, -0.25) is 4.79 Å². The fraction of sp³-hybridized carbons (Fsp3) is 0.167. The average molecular weight is 277 g/mol. The van der Waals surface area contributed by atoms with E-state index in [1.54, 1.807) is 6.07 Å². The summed E-state index contributed by atoms with van der Waals surface area (Å²) in [6.07, 6.45) is 0.539. The van der Waals surface area contributed by atoms with Crippen LogP contribution < -0.4 is 0 Å². The van der Waals surface area contributed by atoms with E-state index in [1.165, 1.54) is 6.92 Å². The van der Waals surface area contributed by atoms with Gasteiger partial charge in [-0.2, -0.15) is 0 Å². The number of carbonyl (C=O) groups is 2. The van der Waals surface area contributed by atoms with E-state index in [2.05, 4.69) is 4.98 Å². The fourth-order valence-corrected chi connectivity index (χ4v) is 2.47. The molecule has 21 heavy (non-hydrogen) atoms. The summed E-state index contributed by atoms with van der Waals surface area (Å²) < 4.78 is 0. The summed E-state index contributed by atoms with van der Waals surface area (Å²) in [7, 11) is 0. The molecule has 0 radical (unpaired) electrons. The molecule has 0 saturated heterocycles. The van der Waals surface area contributed by atoms with Crippen LogP contribution in [0.5, 0.6) is 0 Å². The Kier molecular flexibility index (Phi) is 3.48. The maximum Gasteiger partial charge on any atom is 0.163 e. The molecule has 104 valence electrons. The predicted octanol–water partition coefficient (Wildman–Crippen LogP) is 3.94. The number of fused-ring (bicyclic) bond motifs is 2. The lowest BCUT2D eigenvalue weighted by molar-refractivity contribution is -0.116. The lowest BCUT2D eigenvalue weighted by Crippen LogP contribution is -2.03. The number of Topliss-reactive ketones (excluding diaryl/α,β-unsaturated/α-hetero) is 2. The molecule has 0 aliphatic heterocycles. The highest BCUT2D eigenvalue weighted by Gasteiger charge is 2.12. The summed E-state index contributed by atoms with van der Waals surface area (Å²) in [6, 6.07) is 15.4. The third-order valence-corrected chi connectivity index (χ3v) is 3.57. The standard InChI is InChI=1S/C18H15NO2/c1-12(20)9-10-18(21)14-6-4-8-17-15(14)11-13-5-2-3-7-16(13)19-17/h2-8,11H,9-10H2,1H3. The van der Waals surface area contributed by atoms with Gasteiger partial charge in [0.25, 0.3) is 0 Å². The lowest BCUT2D eigenvalue weighted by Gasteiger charge is -2.06. The van der Waals surface area contributed by atoms with Crippen LogP contribution in [-0.4, -0.2) is 16.6 Å². The zero-order chi connectivity index (χ0) is 14.8. The Morgan fingerprint density at radius 2 is 1.71 bits per heavy atom. The van der Waals surface area contributed by atoms with E-state index in [0.717, 1.165) is 21.8 Å². The topological polar surface area (TPSA) is 47.0 Å². The van der Waals surface area contributed by atoms with E-state index < -0.39 is 0 Å². The van der Waals surface area contributed by atoms with E-state index in [1.807, 2.05) is 42.5 Å². The lowest BCUT2D eigenvalue weighted by atomic mass is 9.99. The highest BCUT2D eigenvalue weighted by atomic mass is 16.1. The van der Waals surface area contributed by atoms with Gasteiger partial charge in [-0.05, 0) is 25.1 Å². The van der Waals surface area contributed by atoms with Gasteiger partial charge < -0.3 is 4.79 Å². The van der Waals surface area contributed by atoms with Crippen molar-refractivity contribution in [1.29, 1.82) is 0 Å². The van der Waals surface area contributed by atoms with Crippen LogP contribution in [-0.2, 0) is 4.79 Å². The average Bonchev–Trinajstić information content (AvgIpc) is 2.50. The van der Waals surface area contributed by atoms with Crippen molar-refractivity contribution in [1.82, 2.24) is 4.98 Å². The molecular weight excluding hydrogens is 262 g/mol. The molecule has 0 fully saturated rings. The Bertz CT molecular complexity index is 852. The SMILES string of the molecule is CC(=O)CCC(=O)c1cccc2nc3ccccc3cc12. The monoisotopic (exact) mass is 277 g/mol. The Morgan fingerprint density at radius 3 is 2.52 bits per heavy atom. The van der Waals surface area contributed by atoms with Crippen LogP contribution in [0, 0.1) is 0 Å². The first-order valence-corrected chi connectivity index (χ1v) is 6.96. The van der Waals surface area contributed by atoms with Gasteiger partial charge >= 0.3 is 0 Å². The van der Waals surface area contributed by atoms with Crippen molar-refractivity contribution in [3.05, 3.63) is 54.1 Å². The van der Waals surface area contributed by atoms with Crippen LogP contribution in [0.2, 0.25) is 0 Å². The van der Waals surface area contributed by atoms with E-state index >= 15 is 0 Å². The molecule has 0 unspecified atom stereocenters. The van der Waals surface area contributed by atoms with Gasteiger partial charge in [0, 0.05) is 29.2 Å². The molecule has 2 aromatic carbocycles. The Morgan fingerprint density at radius 1 is 0.952 bits per heavy atom. The number of nitrogens with zero attached hydrogens (tertiary/aromatic N) is 1. The number of benzene rings is 2. The number of pyridine rings is 1. The van der Waals surface area contributed by atoms with Crippen LogP contribution in [0.15, 0.2) is 48.5 Å². The molecule has 0 N–H and O–H groups in total. The van der Waals surface area contributed by atoms with Crippen molar-refractivity contribution in [3.8, 4) is 0 Å². The molecule has 0 atom stereocenters. The quantitative estimate of drug-likeness (QED) is 0.536. The molecule has 3 aromatic rings. The largest absolute Gasteiger partial charge is 0.300 e. The first-order valence-electron chi connectivity index (χ1n) is 6.96. The molecule has 3 nitrogen and oxygen atoms in total. The second-order valence-corrected chi connectivity index (χ2v) is 5.18. The molecule has 0 spiro atoms. The van der Waals surface area contributed by atoms with Crippen molar-refractivity contribution < 1.29 is 9.59 Å². The van der Waals surface area contributed by atoms with E-state index in [9.17, 15) is 9.59 Å². The summed E-state index contributed by atoms with van der Waals surface area (Å²) >= 11 is 0. The Hall–Kier alpha value is -2.55. The van der Waals surface area contributed by atoms with E-state index in [0.29, 0.717) is 5.56 Å². The van der Waals surface area contributed by atoms with E-state index in [-0.39, 0.29) is 24.4 Å². The van der Waals surface area contributed by atoms with Crippen LogP contribution in [0.4, 0.5) is 0 Å². The molecular formula is C18H15NO2. The Labute approximate surface area is 122 Å². The second kappa shape index (κ2) is 5.44. The number of hydrogen-bond acceptors (Lipinski definition) is 3. The summed E-state index contributed by atoms with van der Waals surface area (Å²) in [4.78, 5) is 28.0. The van der Waals surface area contributed by atoms with Crippen molar-refractivity contribution in [2.75, 3.05) is 0 Å². The minimum absolute atomic E-state index is 0.00659. The maximum atomic E-state index is 12.3. The molecule has 0 aliphatic rings. The van der Waals surface area contributed by atoms with E-state index in [4.69, 9.17) is 0 Å². The van der Waals surface area contributed by atoms with Gasteiger partial charge in [-0.1, -0.05) is 30.3 Å². The normalized spacial score (nSPS) is 10.9. The molecule has 0 aliphatic carbocycles. The number of para-hydroxylation sites is 1. The molecule has 1 aromatic heterocycles. The number of ketones is 2. The van der Waals surface area contributed by atoms with Gasteiger partial charge in [0.15, 0.2) is 5.78 Å². The zero-order valence-corrected chi connectivity index (χ0v) is 11.8. The van der Waals surface area contributed by atoms with Gasteiger partial charge in [-0.25, -0.2) is 4.98 Å². The summed E-state index contributed by atoms with van der Waals surface area (Å²) in [5, 5.41) is 1.86. The van der Waals surface area contributed by atoms with Crippen LogP contribution in [0.25, 0.3) is 21.8 Å². The van der Waals surface area contributed by atoms with Crippen LogP contribution >= 0.6 is 0 Å². The van der Waals surface area contributed by atoms with Crippen molar-refractivity contribution in [2.45, 2.75) is 19.8 Å². The molecule has 1 heterocycles. The first-order chi connectivity index (χ1) is 10.1. The second-order valence-electron chi connectivity index (χ2n) is 5.18. The fourth-order valence-electron chi connectivity index (χ4n) is 2.47. The molecule has 0 bridgehead atoms. The third kappa shape index (κ3) is 2.68. The van der Waals surface area contributed by atoms with Crippen molar-refractivity contribution in [2.24, 2.45) is 0 Å². The number of rotatable bonds is 4. The highest BCUT2D eigenvalue weighted by Crippen LogP contribution is 2.23. The number of carbonyl (C=O) groups excluding carboxylic acids is 2. The number of hydrogen-bond donors (Lipinski definition) is 0. The molecule has 0 saturated carbocycles. The summed E-state index contributed by atoms with van der Waals surface area (Å²) in [5.74, 6) is 0.0278. The first kappa shape index (κ1) is 13.4. The van der Waals surface area contributed by atoms with Gasteiger partial charge in [0.1, 0.15) is 5.78 Å².